The van der Waals surface area contributed by atoms with Crippen LogP contribution in [0.1, 0.15) is 25.5 Å². The Morgan fingerprint density at radius 1 is 1.47 bits per heavy atom. The number of aromatic amines is 1. The van der Waals surface area contributed by atoms with Crippen molar-refractivity contribution in [2.45, 2.75) is 33.2 Å². The normalized spacial score (nSPS) is 11.2. The molecule has 2 heterocycles. The van der Waals surface area contributed by atoms with Crippen molar-refractivity contribution in [1.29, 1.82) is 0 Å². The molecule has 17 heavy (non-hydrogen) atoms. The lowest BCUT2D eigenvalue weighted by Crippen LogP contribution is -2.23. The summed E-state index contributed by atoms with van der Waals surface area (Å²) < 4.78 is 4.08. The molecule has 92 valence electrons. The molecule has 5 heteroatoms. The van der Waals surface area contributed by atoms with Gasteiger partial charge in [0.1, 0.15) is 5.52 Å². The van der Waals surface area contributed by atoms with Crippen molar-refractivity contribution in [1.82, 2.24) is 14.1 Å². The average molecular weight is 251 g/mol. The summed E-state index contributed by atoms with van der Waals surface area (Å²) in [7, 11) is 1.90. The number of aromatic nitrogens is 3. The van der Waals surface area contributed by atoms with Crippen molar-refractivity contribution >= 4 is 23.3 Å². The Balaban J connectivity index is 2.74. The van der Waals surface area contributed by atoms with E-state index in [1.54, 1.807) is 4.57 Å². The predicted molar refractivity (Wildman–Crippen MR) is 72.0 cm³/mol. The van der Waals surface area contributed by atoms with Gasteiger partial charge in [-0.05, 0) is 31.6 Å². The molecule has 0 aliphatic rings. The fourth-order valence-electron chi connectivity index (χ4n) is 2.01. The van der Waals surface area contributed by atoms with Crippen molar-refractivity contribution in [2.24, 2.45) is 7.05 Å². The zero-order chi connectivity index (χ0) is 12.6. The van der Waals surface area contributed by atoms with E-state index in [0.717, 1.165) is 24.1 Å². The van der Waals surface area contributed by atoms with Gasteiger partial charge in [-0.1, -0.05) is 13.3 Å². The highest BCUT2D eigenvalue weighted by molar-refractivity contribution is 7.71. The van der Waals surface area contributed by atoms with E-state index in [1.807, 2.05) is 24.6 Å². The third-order valence-electron chi connectivity index (χ3n) is 3.14. The van der Waals surface area contributed by atoms with Crippen molar-refractivity contribution in [3.63, 3.8) is 0 Å². The van der Waals surface area contributed by atoms with E-state index in [4.69, 9.17) is 12.2 Å². The predicted octanol–water partition coefficient (Wildman–Crippen LogP) is 2.51. The van der Waals surface area contributed by atoms with Gasteiger partial charge in [0, 0.05) is 19.3 Å². The monoisotopic (exact) mass is 251 g/mol. The van der Waals surface area contributed by atoms with Gasteiger partial charge in [0.15, 0.2) is 4.77 Å². The van der Waals surface area contributed by atoms with Gasteiger partial charge in [0.2, 0.25) is 0 Å². The second-order valence-electron chi connectivity index (χ2n) is 4.35. The molecule has 0 spiro atoms. The van der Waals surface area contributed by atoms with Gasteiger partial charge in [0.05, 0.1) is 5.52 Å². The van der Waals surface area contributed by atoms with E-state index in [9.17, 15) is 4.79 Å². The molecule has 0 aliphatic carbocycles. The highest BCUT2D eigenvalue weighted by atomic mass is 32.1. The number of fused-ring (bicyclic) bond motifs is 1. The average Bonchev–Trinajstić information content (AvgIpc) is 2.54. The van der Waals surface area contributed by atoms with Crippen LogP contribution in [0.2, 0.25) is 0 Å². The minimum atomic E-state index is 0.00722. The first-order chi connectivity index (χ1) is 8.06. The lowest BCUT2D eigenvalue weighted by Gasteiger charge is -2.06. The van der Waals surface area contributed by atoms with Gasteiger partial charge in [-0.25, -0.2) is 0 Å². The first-order valence-electron chi connectivity index (χ1n) is 5.85. The largest absolute Gasteiger partial charge is 0.342 e. The number of H-pyrrole nitrogens is 1. The summed E-state index contributed by atoms with van der Waals surface area (Å²) >= 11 is 5.23. The standard InChI is InChI=1S/C12H17N3OS/c1-4-5-6-15-11(16)10-9(13-12(15)17)7-8(2)14(10)3/h7H,4-6H2,1-3H3,(H,13,17). The Bertz CT molecular complexity index is 663. The summed E-state index contributed by atoms with van der Waals surface area (Å²) in [5.41, 5.74) is 2.59. The van der Waals surface area contributed by atoms with Gasteiger partial charge in [-0.3, -0.25) is 9.36 Å². The maximum atomic E-state index is 12.3. The van der Waals surface area contributed by atoms with Crippen molar-refractivity contribution in [3.05, 3.63) is 26.9 Å². The van der Waals surface area contributed by atoms with E-state index < -0.39 is 0 Å². The number of rotatable bonds is 3. The molecule has 2 rings (SSSR count). The molecule has 2 aromatic rings. The van der Waals surface area contributed by atoms with Crippen LogP contribution in [0.4, 0.5) is 0 Å². The molecule has 0 unspecified atom stereocenters. The molecule has 1 N–H and O–H groups in total. The van der Waals surface area contributed by atoms with Gasteiger partial charge < -0.3 is 9.55 Å². The number of nitrogens with one attached hydrogen (secondary N) is 1. The van der Waals surface area contributed by atoms with Crippen LogP contribution in [0.3, 0.4) is 0 Å². The van der Waals surface area contributed by atoms with Crippen LogP contribution in [0.5, 0.6) is 0 Å². The highest BCUT2D eigenvalue weighted by Gasteiger charge is 2.10. The zero-order valence-electron chi connectivity index (χ0n) is 10.4. The summed E-state index contributed by atoms with van der Waals surface area (Å²) in [6.07, 6.45) is 2.01. The molecule has 0 fully saturated rings. The molecule has 0 aliphatic heterocycles. The van der Waals surface area contributed by atoms with E-state index >= 15 is 0 Å². The summed E-state index contributed by atoms with van der Waals surface area (Å²) in [6, 6.07) is 1.96. The molecular weight excluding hydrogens is 234 g/mol. The molecule has 0 bridgehead atoms. The first-order valence-corrected chi connectivity index (χ1v) is 6.26. The molecule has 0 radical (unpaired) electrons. The Hall–Kier alpha value is -1.36. The van der Waals surface area contributed by atoms with Crippen LogP contribution in [-0.4, -0.2) is 14.1 Å². The van der Waals surface area contributed by atoms with Crippen LogP contribution in [-0.2, 0) is 13.6 Å². The summed E-state index contributed by atoms with van der Waals surface area (Å²) in [5, 5.41) is 0. The fourth-order valence-corrected chi connectivity index (χ4v) is 2.29. The second-order valence-corrected chi connectivity index (χ2v) is 4.73. The quantitative estimate of drug-likeness (QED) is 0.852. The Morgan fingerprint density at radius 3 is 2.82 bits per heavy atom. The van der Waals surface area contributed by atoms with Gasteiger partial charge >= 0.3 is 0 Å². The first kappa shape index (κ1) is 12.1. The molecule has 0 amide bonds. The Kier molecular flexibility index (Phi) is 3.19. The maximum Gasteiger partial charge on any atom is 0.278 e. The lowest BCUT2D eigenvalue weighted by molar-refractivity contribution is 0.599. The smallest absolute Gasteiger partial charge is 0.278 e. The van der Waals surface area contributed by atoms with Crippen molar-refractivity contribution in [3.8, 4) is 0 Å². The summed E-state index contributed by atoms with van der Waals surface area (Å²) in [5.74, 6) is 0. The van der Waals surface area contributed by atoms with Crippen LogP contribution in [0.25, 0.3) is 11.0 Å². The highest BCUT2D eigenvalue weighted by Crippen LogP contribution is 2.12. The molecule has 0 atom stereocenters. The molecule has 0 saturated heterocycles. The molecule has 4 nitrogen and oxygen atoms in total. The Labute approximate surface area is 105 Å². The van der Waals surface area contributed by atoms with Crippen LogP contribution in [0.15, 0.2) is 10.9 Å². The minimum absolute atomic E-state index is 0.00722. The van der Waals surface area contributed by atoms with Crippen LogP contribution < -0.4 is 5.56 Å². The van der Waals surface area contributed by atoms with E-state index in [-0.39, 0.29) is 5.56 Å². The van der Waals surface area contributed by atoms with Gasteiger partial charge in [-0.2, -0.15) is 0 Å². The Morgan fingerprint density at radius 2 is 2.18 bits per heavy atom. The topological polar surface area (TPSA) is 42.7 Å². The second kappa shape index (κ2) is 4.49. The van der Waals surface area contributed by atoms with E-state index in [1.165, 1.54) is 0 Å². The zero-order valence-corrected chi connectivity index (χ0v) is 11.2. The number of aryl methyl sites for hydroxylation is 2. The van der Waals surface area contributed by atoms with Crippen LogP contribution in [0, 0.1) is 11.7 Å². The molecule has 2 aromatic heterocycles. The number of unbranched alkanes of at least 4 members (excludes halogenated alkanes) is 1. The lowest BCUT2D eigenvalue weighted by atomic mass is 10.3. The number of nitrogens with zero attached hydrogens (tertiary/aromatic N) is 2. The van der Waals surface area contributed by atoms with E-state index in [0.29, 0.717) is 16.8 Å². The van der Waals surface area contributed by atoms with Crippen molar-refractivity contribution in [2.75, 3.05) is 0 Å². The third-order valence-corrected chi connectivity index (χ3v) is 3.47. The summed E-state index contributed by atoms with van der Waals surface area (Å²) in [6.45, 7) is 4.76. The van der Waals surface area contributed by atoms with E-state index in [2.05, 4.69) is 11.9 Å². The number of hydrogen-bond donors (Lipinski definition) is 1. The summed E-state index contributed by atoms with van der Waals surface area (Å²) in [4.78, 5) is 15.5. The van der Waals surface area contributed by atoms with Crippen LogP contribution >= 0.6 is 12.2 Å². The van der Waals surface area contributed by atoms with Gasteiger partial charge in [0.25, 0.3) is 5.56 Å². The fraction of sp³-hybridized carbons (Fsp3) is 0.500. The SMILES string of the molecule is CCCCn1c(=S)[nH]c2cc(C)n(C)c2c1=O. The third kappa shape index (κ3) is 1.95. The van der Waals surface area contributed by atoms with Gasteiger partial charge in [-0.15, -0.1) is 0 Å². The maximum absolute atomic E-state index is 12.3. The molecular formula is C12H17N3OS. The van der Waals surface area contributed by atoms with Crippen molar-refractivity contribution < 1.29 is 0 Å². The molecule has 0 aromatic carbocycles. The number of hydrogen-bond acceptors (Lipinski definition) is 2. The molecule has 0 saturated carbocycles. The minimum Gasteiger partial charge on any atom is -0.342 e.